The molecular weight excluding hydrogens is 1080 g/mol. The molecule has 0 radical (unpaired) electrons. The summed E-state index contributed by atoms with van der Waals surface area (Å²) in [6.45, 7) is 9.00. The fraction of sp³-hybridized carbons (Fsp3) is 0.714. The Bertz CT molecular complexity index is 2110. The second-order valence-corrected chi connectivity index (χ2v) is 22.8. The fourth-order valence-electron chi connectivity index (χ4n) is 9.55. The third-order valence-corrected chi connectivity index (χ3v) is 14.6. The van der Waals surface area contributed by atoms with Gasteiger partial charge in [-0.15, -0.1) is 0 Å². The van der Waals surface area contributed by atoms with Gasteiger partial charge in [0.25, 0.3) is 0 Å². The number of amides is 3. The number of phosphoric ester groups is 1. The van der Waals surface area contributed by atoms with Gasteiger partial charge in [-0.3, -0.25) is 33.3 Å². The summed E-state index contributed by atoms with van der Waals surface area (Å²) in [4.78, 5) is 99.7. The second-order valence-electron chi connectivity index (χ2n) is 21.6. The van der Waals surface area contributed by atoms with Crippen molar-refractivity contribution < 1.29 is 71.3 Å². The molecule has 20 heteroatoms. The Labute approximate surface area is 496 Å². The average molecular weight is 1190 g/mol. The topological polar surface area (TPSA) is 277 Å². The van der Waals surface area contributed by atoms with Gasteiger partial charge >= 0.3 is 25.7 Å². The summed E-state index contributed by atoms with van der Waals surface area (Å²) in [5.41, 5.74) is 7.08. The molecule has 7 N–H and O–H groups in total. The maximum absolute atomic E-state index is 13.9. The standard InChI is InChI=1S/C63H105N4O15P/c1-5-9-11-13-15-17-19-21-24-30-55(81-61(71)45-50-33-37-53(38-34-50)77-7-3)47-58(68)66-52(49-79-60(70)32-26-23-27-42-64)29-28-43-65-63(73)57(41-44-80-83(74,75)76)67-59(69)48-56(31-25-22-20-18-16-14-12-10-6-2)82-62(72)46-51-35-39-54(40-36-51)78-8-4/h33-40,52,55-57H,5-32,41-49,64H2,1-4H3,(H,65,73)(H,66,68)(H,67,69)(H2,74,75,76)/t52-,55-,56-,57+/m1/s1. The summed E-state index contributed by atoms with van der Waals surface area (Å²) in [5.74, 6) is -1.73. The third kappa shape index (κ3) is 40.0. The number of rotatable bonds is 52. The predicted octanol–water partition coefficient (Wildman–Crippen LogP) is 11.1. The van der Waals surface area contributed by atoms with Crippen LogP contribution in [0.5, 0.6) is 11.5 Å². The van der Waals surface area contributed by atoms with Gasteiger partial charge in [-0.2, -0.15) is 0 Å². The first kappa shape index (κ1) is 74.0. The van der Waals surface area contributed by atoms with Crippen molar-refractivity contribution in [3.05, 3.63) is 59.7 Å². The molecule has 0 fully saturated rings. The summed E-state index contributed by atoms with van der Waals surface area (Å²) in [7, 11) is -4.92. The Morgan fingerprint density at radius 1 is 0.530 bits per heavy atom. The highest BCUT2D eigenvalue weighted by Gasteiger charge is 2.27. The van der Waals surface area contributed by atoms with Gasteiger partial charge in [0.2, 0.25) is 17.7 Å². The zero-order valence-corrected chi connectivity index (χ0v) is 51.7. The number of phosphoric acid groups is 1. The fourth-order valence-corrected chi connectivity index (χ4v) is 9.89. The number of hydrogen-bond donors (Lipinski definition) is 6. The lowest BCUT2D eigenvalue weighted by Gasteiger charge is -2.23. The molecule has 2 aromatic carbocycles. The number of nitrogens with one attached hydrogen (secondary N) is 3. The number of ether oxygens (including phenoxy) is 5. The normalized spacial score (nSPS) is 12.8. The van der Waals surface area contributed by atoms with Gasteiger partial charge in [0, 0.05) is 19.4 Å². The van der Waals surface area contributed by atoms with Crippen LogP contribution in [0.1, 0.15) is 225 Å². The highest BCUT2D eigenvalue weighted by Crippen LogP contribution is 2.35. The predicted molar refractivity (Wildman–Crippen MR) is 323 cm³/mol. The lowest BCUT2D eigenvalue weighted by atomic mass is 10.0. The van der Waals surface area contributed by atoms with Crippen LogP contribution in [0.4, 0.5) is 0 Å². The van der Waals surface area contributed by atoms with Crippen molar-refractivity contribution in [2.75, 3.05) is 39.5 Å². The van der Waals surface area contributed by atoms with Gasteiger partial charge in [-0.1, -0.05) is 147 Å². The number of carbonyl (C=O) groups excluding carboxylic acids is 6. The zero-order valence-electron chi connectivity index (χ0n) is 50.8. The molecule has 0 heterocycles. The summed E-state index contributed by atoms with van der Waals surface area (Å²) < 4.78 is 44.9. The number of carbonyl (C=O) groups is 6. The maximum Gasteiger partial charge on any atom is 0.469 e. The molecule has 2 aromatic rings. The van der Waals surface area contributed by atoms with Gasteiger partial charge < -0.3 is 55.2 Å². The molecule has 83 heavy (non-hydrogen) atoms. The van der Waals surface area contributed by atoms with Gasteiger partial charge in [0.1, 0.15) is 36.4 Å². The Morgan fingerprint density at radius 3 is 1.42 bits per heavy atom. The molecular formula is C63H105N4O15P. The lowest BCUT2D eigenvalue weighted by molar-refractivity contribution is -0.151. The number of esters is 3. The Balaban J connectivity index is 2.19. The molecule has 0 aromatic heterocycles. The van der Waals surface area contributed by atoms with E-state index in [0.29, 0.717) is 62.5 Å². The molecule has 19 nitrogen and oxygen atoms in total. The highest BCUT2D eigenvalue weighted by molar-refractivity contribution is 7.46. The van der Waals surface area contributed by atoms with E-state index < -0.39 is 74.4 Å². The van der Waals surface area contributed by atoms with E-state index in [-0.39, 0.29) is 64.5 Å². The van der Waals surface area contributed by atoms with Crippen LogP contribution in [0, 0.1) is 0 Å². The number of unbranched alkanes of at least 4 members (excludes halogenated alkanes) is 18. The minimum Gasteiger partial charge on any atom is -0.494 e. The summed E-state index contributed by atoms with van der Waals surface area (Å²) in [5, 5.41) is 8.44. The summed E-state index contributed by atoms with van der Waals surface area (Å²) >= 11 is 0. The molecule has 0 spiro atoms. The maximum atomic E-state index is 13.9. The zero-order chi connectivity index (χ0) is 60.8. The van der Waals surface area contributed by atoms with Crippen LogP contribution in [-0.2, 0) is 64.9 Å². The third-order valence-electron chi connectivity index (χ3n) is 14.1. The highest BCUT2D eigenvalue weighted by atomic mass is 31.2. The Kier molecular flexibility index (Phi) is 42.1. The first-order chi connectivity index (χ1) is 40.1. The van der Waals surface area contributed by atoms with Crippen LogP contribution in [0.2, 0.25) is 0 Å². The van der Waals surface area contributed by atoms with Gasteiger partial charge in [-0.25, -0.2) is 4.57 Å². The van der Waals surface area contributed by atoms with E-state index in [2.05, 4.69) is 34.3 Å². The summed E-state index contributed by atoms with van der Waals surface area (Å²) in [6.07, 6.45) is 21.0. The van der Waals surface area contributed by atoms with E-state index >= 15 is 0 Å². The van der Waals surface area contributed by atoms with Crippen molar-refractivity contribution in [1.29, 1.82) is 0 Å². The van der Waals surface area contributed by atoms with Crippen molar-refractivity contribution in [2.24, 2.45) is 5.73 Å². The Hall–Kier alpha value is -5.07. The molecule has 0 saturated carbocycles. The van der Waals surface area contributed by atoms with Crippen LogP contribution in [0.15, 0.2) is 48.5 Å². The quantitative estimate of drug-likeness (QED) is 0.0155. The van der Waals surface area contributed by atoms with Crippen molar-refractivity contribution in [1.82, 2.24) is 16.0 Å². The molecule has 0 unspecified atom stereocenters. The average Bonchev–Trinajstić information content (AvgIpc) is 3.53. The van der Waals surface area contributed by atoms with Crippen LogP contribution < -0.4 is 31.2 Å². The van der Waals surface area contributed by atoms with Crippen LogP contribution in [-0.4, -0.2) is 109 Å². The SMILES string of the molecule is CCCCCCCCCCC[C@H](CC(=O)N[C@H](CCCNC(=O)[C@H](CCOP(=O)(O)O)NC(=O)C[C@@H](CCCCCCCCCCC)OC(=O)Cc1ccc(OCC)cc1)COC(=O)CCCCCN)OC(=O)Cc1ccc(OCC)cc1. The largest absolute Gasteiger partial charge is 0.494 e. The molecule has 0 aliphatic heterocycles. The van der Waals surface area contributed by atoms with Crippen molar-refractivity contribution in [3.63, 3.8) is 0 Å². The molecule has 0 bridgehead atoms. The number of hydrogen-bond acceptors (Lipinski definition) is 14. The molecule has 0 aliphatic rings. The minimum atomic E-state index is -4.92. The smallest absolute Gasteiger partial charge is 0.469 e. The molecule has 3 amide bonds. The molecule has 2 rings (SSSR count). The first-order valence-electron chi connectivity index (χ1n) is 31.3. The number of benzene rings is 2. The minimum absolute atomic E-state index is 0.0144. The molecule has 0 aliphatic carbocycles. The Morgan fingerprint density at radius 2 is 0.976 bits per heavy atom. The van der Waals surface area contributed by atoms with E-state index in [1.165, 1.54) is 57.8 Å². The first-order valence-corrected chi connectivity index (χ1v) is 32.8. The van der Waals surface area contributed by atoms with E-state index in [9.17, 15) is 43.1 Å². The summed E-state index contributed by atoms with van der Waals surface area (Å²) in [6, 6.07) is 12.3. The lowest BCUT2D eigenvalue weighted by Crippen LogP contribution is -2.48. The molecule has 472 valence electrons. The van der Waals surface area contributed by atoms with Crippen LogP contribution in [0.25, 0.3) is 0 Å². The van der Waals surface area contributed by atoms with Gasteiger partial charge in [0.05, 0.1) is 51.5 Å². The van der Waals surface area contributed by atoms with Gasteiger partial charge in [0.15, 0.2) is 0 Å². The van der Waals surface area contributed by atoms with E-state index in [1.54, 1.807) is 36.4 Å². The van der Waals surface area contributed by atoms with E-state index in [4.69, 9.17) is 29.4 Å². The van der Waals surface area contributed by atoms with Gasteiger partial charge in [-0.05, 0) is 107 Å². The second kappa shape index (κ2) is 47.2. The van der Waals surface area contributed by atoms with E-state index in [0.717, 1.165) is 69.8 Å². The van der Waals surface area contributed by atoms with Crippen LogP contribution >= 0.6 is 7.82 Å². The van der Waals surface area contributed by atoms with E-state index in [1.807, 2.05) is 26.0 Å². The van der Waals surface area contributed by atoms with Crippen molar-refractivity contribution >= 4 is 43.5 Å². The molecule has 4 atom stereocenters. The monoisotopic (exact) mass is 1190 g/mol. The van der Waals surface area contributed by atoms with Crippen molar-refractivity contribution in [2.45, 2.75) is 251 Å². The van der Waals surface area contributed by atoms with Crippen molar-refractivity contribution in [3.8, 4) is 11.5 Å². The number of nitrogens with two attached hydrogens (primary N) is 1. The molecule has 0 saturated heterocycles. The van der Waals surface area contributed by atoms with Crippen LogP contribution in [0.3, 0.4) is 0 Å².